The van der Waals surface area contributed by atoms with Crippen LogP contribution in [0.2, 0.25) is 0 Å². The van der Waals surface area contributed by atoms with Crippen LogP contribution in [0.5, 0.6) is 5.75 Å². The lowest BCUT2D eigenvalue weighted by Gasteiger charge is -2.04. The molecule has 0 aliphatic rings. The van der Waals surface area contributed by atoms with Gasteiger partial charge in [0.2, 0.25) is 0 Å². The molecule has 0 saturated heterocycles. The summed E-state index contributed by atoms with van der Waals surface area (Å²) in [6.45, 7) is 3.37. The Kier molecular flexibility index (Phi) is 9.87. The van der Waals surface area contributed by atoms with Gasteiger partial charge in [0.25, 0.3) is 11.4 Å². The van der Waals surface area contributed by atoms with Gasteiger partial charge in [0.15, 0.2) is 0 Å². The van der Waals surface area contributed by atoms with E-state index in [0.717, 1.165) is 12.1 Å². The molecule has 0 aliphatic carbocycles. The van der Waals surface area contributed by atoms with Gasteiger partial charge in [-0.25, -0.2) is 4.98 Å². The number of imidazole rings is 1. The fraction of sp³-hybridized carbons (Fsp3) is 0.409. The van der Waals surface area contributed by atoms with Gasteiger partial charge < -0.3 is 9.67 Å². The smallest absolute Gasteiger partial charge is 0.324 e. The molecule has 0 unspecified atom stereocenters. The van der Waals surface area contributed by atoms with Gasteiger partial charge in [0.1, 0.15) is 0 Å². The van der Waals surface area contributed by atoms with Crippen LogP contribution in [0.4, 0.5) is 17.1 Å². The van der Waals surface area contributed by atoms with Gasteiger partial charge in [-0.05, 0) is 18.6 Å². The topological polar surface area (TPSA) is 167 Å². The molecule has 12 nitrogen and oxygen atoms in total. The summed E-state index contributed by atoms with van der Waals surface area (Å²) in [5.41, 5.74) is -0.623. The first kappa shape index (κ1) is 26.2. The first-order valence-corrected chi connectivity index (χ1v) is 11.0. The number of aryl methyl sites for hydroxylation is 1. The van der Waals surface area contributed by atoms with Gasteiger partial charge in [0.05, 0.1) is 44.3 Å². The minimum absolute atomic E-state index is 0.447. The number of phenols is 1. The average molecular weight is 473 g/mol. The summed E-state index contributed by atoms with van der Waals surface area (Å²) in [5, 5.41) is 40.2. The predicted octanol–water partition coefficient (Wildman–Crippen LogP) is 5.90. The van der Waals surface area contributed by atoms with Crippen LogP contribution in [0.25, 0.3) is 11.0 Å². The Hall–Kier alpha value is -4.09. The average Bonchev–Trinajstić information content (AvgIpc) is 3.21. The summed E-state index contributed by atoms with van der Waals surface area (Å²) in [5.74, 6) is -1.21. The van der Waals surface area contributed by atoms with Crippen molar-refractivity contribution >= 4 is 28.1 Å². The zero-order valence-corrected chi connectivity index (χ0v) is 18.8. The predicted molar refractivity (Wildman–Crippen MR) is 126 cm³/mol. The van der Waals surface area contributed by atoms with Gasteiger partial charge in [-0.2, -0.15) is 0 Å². The van der Waals surface area contributed by atoms with Crippen LogP contribution in [0, 0.1) is 30.3 Å². The van der Waals surface area contributed by atoms with Gasteiger partial charge in [-0.15, -0.1) is 0 Å². The number of hydrogen-bond donors (Lipinski definition) is 1. The number of aromatic hydroxyl groups is 1. The van der Waals surface area contributed by atoms with E-state index in [1.54, 1.807) is 0 Å². The Morgan fingerprint density at radius 3 is 1.97 bits per heavy atom. The lowest BCUT2D eigenvalue weighted by molar-refractivity contribution is -0.404. The number of non-ortho nitro benzene ring substituents is 1. The molecule has 12 heteroatoms. The second-order valence-electron chi connectivity index (χ2n) is 7.65. The molecule has 1 N–H and O–H groups in total. The number of benzene rings is 2. The Morgan fingerprint density at radius 2 is 1.41 bits per heavy atom. The second-order valence-corrected chi connectivity index (χ2v) is 7.65. The highest BCUT2D eigenvalue weighted by Gasteiger charge is 2.30. The van der Waals surface area contributed by atoms with Crippen molar-refractivity contribution in [3.63, 3.8) is 0 Å². The molecular formula is C22H27N5O7. The molecule has 0 fully saturated rings. The number of aromatic nitrogens is 2. The molecule has 34 heavy (non-hydrogen) atoms. The molecule has 0 bridgehead atoms. The van der Waals surface area contributed by atoms with Gasteiger partial charge in [-0.3, -0.25) is 30.3 Å². The molecule has 0 spiro atoms. The zero-order valence-electron chi connectivity index (χ0n) is 18.8. The molecule has 2 aromatic carbocycles. The summed E-state index contributed by atoms with van der Waals surface area (Å²) in [6, 6.07) is 9.27. The van der Waals surface area contributed by atoms with Crippen molar-refractivity contribution in [1.29, 1.82) is 0 Å². The summed E-state index contributed by atoms with van der Waals surface area (Å²) >= 11 is 0. The number of rotatable bonds is 11. The molecule has 0 amide bonds. The minimum atomic E-state index is -1.21. The Morgan fingerprint density at radius 1 is 0.853 bits per heavy atom. The number of phenolic OH excluding ortho intramolecular Hbond substituents is 1. The summed E-state index contributed by atoms with van der Waals surface area (Å²) in [7, 11) is 0. The van der Waals surface area contributed by atoms with E-state index < -0.39 is 37.6 Å². The van der Waals surface area contributed by atoms with Crippen LogP contribution >= 0.6 is 0 Å². The Labute approximate surface area is 195 Å². The zero-order chi connectivity index (χ0) is 25.1. The van der Waals surface area contributed by atoms with Crippen molar-refractivity contribution in [1.82, 2.24) is 9.55 Å². The van der Waals surface area contributed by atoms with E-state index in [-0.39, 0.29) is 0 Å². The van der Waals surface area contributed by atoms with Crippen molar-refractivity contribution < 1.29 is 19.9 Å². The maximum absolute atomic E-state index is 10.4. The van der Waals surface area contributed by atoms with Crippen molar-refractivity contribution in [2.75, 3.05) is 0 Å². The lowest BCUT2D eigenvalue weighted by Crippen LogP contribution is -1.97. The maximum Gasteiger partial charge on any atom is 0.324 e. The largest absolute Gasteiger partial charge is 0.497 e. The van der Waals surface area contributed by atoms with Crippen molar-refractivity contribution in [2.45, 2.75) is 58.4 Å². The van der Waals surface area contributed by atoms with Crippen LogP contribution in [0.1, 0.15) is 51.9 Å². The van der Waals surface area contributed by atoms with Crippen molar-refractivity contribution in [3.05, 3.63) is 73.1 Å². The molecule has 3 aromatic rings. The lowest BCUT2D eigenvalue weighted by atomic mass is 10.1. The molecular weight excluding hydrogens is 446 g/mol. The standard InChI is InChI=1S/C16H24N2.C6H3N3O7/c1-2-3-4-5-6-7-10-13-18-14-17-15-11-8-9-12-16(15)18;10-6-4(8(13)14)1-3(7(11)12)2-5(6)9(15)16/h8-9,11-12,14H,2-7,10,13H2,1H3;1-2,10H. The highest BCUT2D eigenvalue weighted by molar-refractivity contribution is 5.74. The van der Waals surface area contributed by atoms with Crippen LogP contribution in [0.3, 0.4) is 0 Å². The third-order valence-electron chi connectivity index (χ3n) is 5.19. The van der Waals surface area contributed by atoms with E-state index in [1.807, 2.05) is 12.4 Å². The van der Waals surface area contributed by atoms with E-state index in [9.17, 15) is 30.3 Å². The summed E-state index contributed by atoms with van der Waals surface area (Å²) < 4.78 is 2.28. The highest BCUT2D eigenvalue weighted by Crippen LogP contribution is 2.38. The molecule has 0 atom stereocenters. The van der Waals surface area contributed by atoms with Crippen LogP contribution in [0.15, 0.2) is 42.7 Å². The molecule has 3 rings (SSSR count). The molecule has 182 valence electrons. The minimum Gasteiger partial charge on any atom is -0.497 e. The normalized spacial score (nSPS) is 10.5. The van der Waals surface area contributed by atoms with Gasteiger partial charge in [-0.1, -0.05) is 57.6 Å². The Balaban J connectivity index is 0.000000242. The number of nitro groups is 3. The molecule has 0 aliphatic heterocycles. The maximum atomic E-state index is 10.4. The number of hydrogen-bond acceptors (Lipinski definition) is 8. The SMILES string of the molecule is CCCCCCCCCn1cnc2ccccc21.O=[N+]([O-])c1cc([N+](=O)[O-])c(O)c([N+](=O)[O-])c1. The quantitative estimate of drug-likeness (QED) is 0.204. The van der Waals surface area contributed by atoms with Gasteiger partial charge >= 0.3 is 11.4 Å². The van der Waals surface area contributed by atoms with Gasteiger partial charge in [0, 0.05) is 6.54 Å². The number of unbranched alkanes of at least 4 members (excludes halogenated alkanes) is 6. The summed E-state index contributed by atoms with van der Waals surface area (Å²) in [4.78, 5) is 32.2. The second kappa shape index (κ2) is 12.8. The number of para-hydroxylation sites is 2. The fourth-order valence-electron chi connectivity index (χ4n) is 3.40. The number of nitro benzene ring substituents is 3. The number of nitrogens with zero attached hydrogens (tertiary/aromatic N) is 5. The van der Waals surface area contributed by atoms with Crippen molar-refractivity contribution in [3.8, 4) is 5.75 Å². The monoisotopic (exact) mass is 473 g/mol. The first-order valence-electron chi connectivity index (χ1n) is 11.0. The molecule has 0 saturated carbocycles. The molecule has 1 heterocycles. The van der Waals surface area contributed by atoms with Crippen LogP contribution < -0.4 is 0 Å². The first-order chi connectivity index (χ1) is 16.3. The fourth-order valence-corrected chi connectivity index (χ4v) is 3.40. The van der Waals surface area contributed by atoms with E-state index in [1.165, 1.54) is 50.5 Å². The van der Waals surface area contributed by atoms with Crippen molar-refractivity contribution in [2.24, 2.45) is 0 Å². The van der Waals surface area contributed by atoms with Crippen LogP contribution in [-0.2, 0) is 6.54 Å². The van der Waals surface area contributed by atoms with Crippen LogP contribution in [-0.4, -0.2) is 29.4 Å². The molecule has 1 aromatic heterocycles. The highest BCUT2D eigenvalue weighted by atomic mass is 16.6. The van der Waals surface area contributed by atoms with E-state index >= 15 is 0 Å². The van der Waals surface area contributed by atoms with E-state index in [4.69, 9.17) is 5.11 Å². The third kappa shape index (κ3) is 7.22. The van der Waals surface area contributed by atoms with E-state index in [2.05, 4.69) is 34.7 Å². The van der Waals surface area contributed by atoms with E-state index in [0.29, 0.717) is 12.1 Å². The Bertz CT molecular complexity index is 1110. The number of fused-ring (bicyclic) bond motifs is 1. The molecule has 0 radical (unpaired) electrons. The third-order valence-corrected chi connectivity index (χ3v) is 5.19. The summed E-state index contributed by atoms with van der Waals surface area (Å²) in [6.07, 6.45) is 11.5.